The number of nitrogens with zero attached hydrogens (tertiary/aromatic N) is 5. The number of likely N-dealkylation sites (tertiary alicyclic amines) is 1. The second kappa shape index (κ2) is 7.57. The number of halogens is 1. The van der Waals surface area contributed by atoms with E-state index in [0.29, 0.717) is 17.7 Å². The van der Waals surface area contributed by atoms with E-state index in [4.69, 9.17) is 4.42 Å². The number of thiophene rings is 1. The van der Waals surface area contributed by atoms with E-state index in [1.54, 1.807) is 12.1 Å². The summed E-state index contributed by atoms with van der Waals surface area (Å²) in [4.78, 5) is 12.0. The number of aromatic nitrogens is 4. The van der Waals surface area contributed by atoms with Crippen molar-refractivity contribution in [3.8, 4) is 11.1 Å². The van der Waals surface area contributed by atoms with Gasteiger partial charge in [0.1, 0.15) is 22.0 Å². The summed E-state index contributed by atoms with van der Waals surface area (Å²) in [6, 6.07) is 6.44. The maximum Gasteiger partial charge on any atom is 0.283 e. The van der Waals surface area contributed by atoms with Crippen molar-refractivity contribution in [2.45, 2.75) is 29.6 Å². The van der Waals surface area contributed by atoms with E-state index in [1.807, 2.05) is 5.38 Å². The zero-order chi connectivity index (χ0) is 18.9. The summed E-state index contributed by atoms with van der Waals surface area (Å²) in [6.45, 7) is 2.84. The first-order valence-electron chi connectivity index (χ1n) is 8.97. The van der Waals surface area contributed by atoms with Crippen LogP contribution in [0.2, 0.25) is 0 Å². The van der Waals surface area contributed by atoms with Crippen LogP contribution >= 0.6 is 23.1 Å². The normalized spacial score (nSPS) is 14.9. The molecule has 142 valence electrons. The van der Waals surface area contributed by atoms with Gasteiger partial charge in [0, 0.05) is 10.9 Å². The van der Waals surface area contributed by atoms with Crippen molar-refractivity contribution >= 4 is 33.3 Å². The molecule has 0 amide bonds. The summed E-state index contributed by atoms with van der Waals surface area (Å²) >= 11 is 2.87. The van der Waals surface area contributed by atoms with Crippen LogP contribution in [0, 0.1) is 5.82 Å². The van der Waals surface area contributed by atoms with E-state index in [9.17, 15) is 4.39 Å². The molecule has 3 aromatic heterocycles. The molecule has 1 aromatic carbocycles. The lowest BCUT2D eigenvalue weighted by Crippen LogP contribution is -2.18. The predicted octanol–water partition coefficient (Wildman–Crippen LogP) is 4.63. The fourth-order valence-corrected chi connectivity index (χ4v) is 5.10. The van der Waals surface area contributed by atoms with Gasteiger partial charge in [-0.3, -0.25) is 4.90 Å². The van der Waals surface area contributed by atoms with Crippen LogP contribution in [-0.4, -0.2) is 38.2 Å². The molecule has 1 saturated heterocycles. The smallest absolute Gasteiger partial charge is 0.283 e. The topological polar surface area (TPSA) is 67.9 Å². The molecule has 28 heavy (non-hydrogen) atoms. The van der Waals surface area contributed by atoms with Gasteiger partial charge in [-0.1, -0.05) is 12.1 Å². The predicted molar refractivity (Wildman–Crippen MR) is 106 cm³/mol. The highest BCUT2D eigenvalue weighted by atomic mass is 32.2. The second-order valence-corrected chi connectivity index (χ2v) is 8.36. The Morgan fingerprint density at radius 3 is 2.75 bits per heavy atom. The Labute approximate surface area is 168 Å². The van der Waals surface area contributed by atoms with Crippen molar-refractivity contribution in [1.82, 2.24) is 25.1 Å². The molecule has 1 aliphatic rings. The third-order valence-corrected chi connectivity index (χ3v) is 6.41. The van der Waals surface area contributed by atoms with E-state index in [0.717, 1.165) is 39.5 Å². The van der Waals surface area contributed by atoms with Crippen molar-refractivity contribution in [2.24, 2.45) is 0 Å². The highest BCUT2D eigenvalue weighted by Crippen LogP contribution is 2.39. The van der Waals surface area contributed by atoms with E-state index >= 15 is 0 Å². The second-order valence-electron chi connectivity index (χ2n) is 6.56. The van der Waals surface area contributed by atoms with Crippen molar-refractivity contribution in [3.05, 3.63) is 47.7 Å². The van der Waals surface area contributed by atoms with Crippen molar-refractivity contribution in [1.29, 1.82) is 0 Å². The van der Waals surface area contributed by atoms with E-state index in [2.05, 4.69) is 25.1 Å². The summed E-state index contributed by atoms with van der Waals surface area (Å²) in [6.07, 6.45) is 3.98. The van der Waals surface area contributed by atoms with Gasteiger partial charge in [0.15, 0.2) is 0 Å². The van der Waals surface area contributed by atoms with Gasteiger partial charge >= 0.3 is 0 Å². The third-order valence-electron chi connectivity index (χ3n) is 4.68. The number of rotatable bonds is 5. The molecule has 9 heteroatoms. The van der Waals surface area contributed by atoms with Crippen LogP contribution in [0.3, 0.4) is 0 Å². The average Bonchev–Trinajstić information content (AvgIpc) is 3.45. The monoisotopic (exact) mass is 413 g/mol. The molecule has 0 spiro atoms. The lowest BCUT2D eigenvalue weighted by molar-refractivity contribution is 0.278. The lowest BCUT2D eigenvalue weighted by Gasteiger charge is -2.10. The van der Waals surface area contributed by atoms with Gasteiger partial charge in [-0.15, -0.1) is 21.5 Å². The molecule has 6 nitrogen and oxygen atoms in total. The Bertz CT molecular complexity index is 1110. The van der Waals surface area contributed by atoms with E-state index in [1.165, 1.54) is 54.4 Å². The van der Waals surface area contributed by atoms with Gasteiger partial charge in [0.2, 0.25) is 5.89 Å². The van der Waals surface area contributed by atoms with Crippen LogP contribution < -0.4 is 0 Å². The SMILES string of the molecule is Fc1ccc(-c2csc3ncnc(Sc4nnc(CN5CCCC5)o4)c23)cc1. The Morgan fingerprint density at radius 2 is 1.93 bits per heavy atom. The van der Waals surface area contributed by atoms with Gasteiger partial charge in [0.05, 0.1) is 11.9 Å². The highest BCUT2D eigenvalue weighted by molar-refractivity contribution is 7.99. The van der Waals surface area contributed by atoms with Crippen LogP contribution in [0.4, 0.5) is 4.39 Å². The maximum absolute atomic E-state index is 13.3. The molecular weight excluding hydrogens is 397 g/mol. The molecule has 0 atom stereocenters. The standard InChI is InChI=1S/C19H16FN5OS2/c20-13-5-3-12(4-6-13)14-10-27-17-16(14)18(22-11-21-17)28-19-24-23-15(26-19)9-25-7-1-2-8-25/h3-6,10-11H,1-2,7-9H2. The molecule has 0 bridgehead atoms. The maximum atomic E-state index is 13.3. The molecule has 0 aliphatic carbocycles. The largest absolute Gasteiger partial charge is 0.414 e. The molecular formula is C19H16FN5OS2. The van der Waals surface area contributed by atoms with Crippen molar-refractivity contribution < 1.29 is 8.81 Å². The minimum Gasteiger partial charge on any atom is -0.414 e. The fourth-order valence-electron chi connectivity index (χ4n) is 3.33. The summed E-state index contributed by atoms with van der Waals surface area (Å²) in [5, 5.41) is 12.5. The molecule has 0 unspecified atom stereocenters. The van der Waals surface area contributed by atoms with Crippen molar-refractivity contribution in [2.75, 3.05) is 13.1 Å². The lowest BCUT2D eigenvalue weighted by atomic mass is 10.1. The van der Waals surface area contributed by atoms with Crippen LogP contribution in [0.5, 0.6) is 0 Å². The summed E-state index contributed by atoms with van der Waals surface area (Å²) in [5.74, 6) is 0.365. The summed E-state index contributed by atoms with van der Waals surface area (Å²) in [5.41, 5.74) is 1.89. The number of hydrogen-bond donors (Lipinski definition) is 0. The molecule has 5 rings (SSSR count). The summed E-state index contributed by atoms with van der Waals surface area (Å²) < 4.78 is 19.1. The molecule has 4 heterocycles. The van der Waals surface area contributed by atoms with Gasteiger partial charge < -0.3 is 4.42 Å². The highest BCUT2D eigenvalue weighted by Gasteiger charge is 2.19. The average molecular weight is 414 g/mol. The third kappa shape index (κ3) is 3.52. The van der Waals surface area contributed by atoms with Crippen LogP contribution in [0.25, 0.3) is 21.3 Å². The quantitative estimate of drug-likeness (QED) is 0.442. The molecule has 1 fully saturated rings. The van der Waals surface area contributed by atoms with E-state index < -0.39 is 0 Å². The molecule has 4 aromatic rings. The summed E-state index contributed by atoms with van der Waals surface area (Å²) in [7, 11) is 0. The first-order valence-corrected chi connectivity index (χ1v) is 10.7. The Morgan fingerprint density at radius 1 is 1.11 bits per heavy atom. The van der Waals surface area contributed by atoms with Gasteiger partial charge in [0.25, 0.3) is 5.22 Å². The Balaban J connectivity index is 1.45. The Hall–Kier alpha value is -2.36. The number of benzene rings is 1. The fraction of sp³-hybridized carbons (Fsp3) is 0.263. The van der Waals surface area contributed by atoms with Gasteiger partial charge in [-0.05, 0) is 55.4 Å². The van der Waals surface area contributed by atoms with Crippen LogP contribution in [0.1, 0.15) is 18.7 Å². The molecule has 0 radical (unpaired) electrons. The minimum absolute atomic E-state index is 0.259. The molecule has 0 saturated carbocycles. The van der Waals surface area contributed by atoms with Gasteiger partial charge in [-0.25, -0.2) is 14.4 Å². The van der Waals surface area contributed by atoms with Gasteiger partial charge in [-0.2, -0.15) is 0 Å². The minimum atomic E-state index is -0.259. The van der Waals surface area contributed by atoms with Crippen molar-refractivity contribution in [3.63, 3.8) is 0 Å². The number of hydrogen-bond acceptors (Lipinski definition) is 8. The Kier molecular flexibility index (Phi) is 4.79. The van der Waals surface area contributed by atoms with Crippen LogP contribution in [0.15, 0.2) is 50.6 Å². The number of fused-ring (bicyclic) bond motifs is 1. The van der Waals surface area contributed by atoms with E-state index in [-0.39, 0.29) is 5.82 Å². The first kappa shape index (κ1) is 17.7. The zero-order valence-electron chi connectivity index (χ0n) is 14.8. The molecule has 0 N–H and O–H groups in total. The van der Waals surface area contributed by atoms with Crippen LogP contribution in [-0.2, 0) is 6.54 Å². The zero-order valence-corrected chi connectivity index (χ0v) is 16.5. The first-order chi connectivity index (χ1) is 13.8. The molecule has 1 aliphatic heterocycles.